The molecule has 0 amide bonds. The predicted molar refractivity (Wildman–Crippen MR) is 358 cm³/mol. The summed E-state index contributed by atoms with van der Waals surface area (Å²) < 4.78 is 68.1. The maximum atomic E-state index is 13.0. The third kappa shape index (κ3) is 63.2. The quantitative estimate of drug-likeness (QED) is 0.0222. The Morgan fingerprint density at radius 1 is 0.326 bits per heavy atom. The number of phosphoric acid groups is 2. The average molecular weight is 1310 g/mol. The van der Waals surface area contributed by atoms with Crippen LogP contribution in [0, 0.1) is 11.8 Å². The summed E-state index contributed by atoms with van der Waals surface area (Å²) >= 11 is 0. The molecule has 0 fully saturated rings. The molecule has 0 rings (SSSR count). The minimum atomic E-state index is -4.95. The van der Waals surface area contributed by atoms with Gasteiger partial charge in [-0.3, -0.25) is 37.3 Å². The van der Waals surface area contributed by atoms with Gasteiger partial charge in [0.1, 0.15) is 19.3 Å². The normalized spacial score (nSPS) is 14.4. The van der Waals surface area contributed by atoms with E-state index in [1.54, 1.807) is 0 Å². The molecular formula is C70H136O17P2. The van der Waals surface area contributed by atoms with Gasteiger partial charge < -0.3 is 33.8 Å². The smallest absolute Gasteiger partial charge is 0.462 e. The molecule has 0 aromatic heterocycles. The predicted octanol–water partition coefficient (Wildman–Crippen LogP) is 20.0. The molecule has 0 heterocycles. The van der Waals surface area contributed by atoms with E-state index < -0.39 is 97.5 Å². The fourth-order valence-corrected chi connectivity index (χ4v) is 12.1. The summed E-state index contributed by atoms with van der Waals surface area (Å²) in [6, 6.07) is 0. The molecule has 0 saturated heterocycles. The van der Waals surface area contributed by atoms with E-state index in [0.717, 1.165) is 115 Å². The average Bonchev–Trinajstić information content (AvgIpc) is 3.72. The van der Waals surface area contributed by atoms with E-state index in [1.165, 1.54) is 161 Å². The number of rotatable bonds is 69. The first-order valence-corrected chi connectivity index (χ1v) is 39.5. The van der Waals surface area contributed by atoms with E-state index in [9.17, 15) is 43.2 Å². The number of esters is 4. The highest BCUT2D eigenvalue weighted by molar-refractivity contribution is 7.47. The molecule has 0 spiro atoms. The maximum Gasteiger partial charge on any atom is 0.472 e. The summed E-state index contributed by atoms with van der Waals surface area (Å²) in [7, 11) is -9.89. The lowest BCUT2D eigenvalue weighted by atomic mass is 9.99. The standard InChI is InChI=1S/C70H136O17P2/c1-7-10-12-14-16-27-36-42-48-54-69(74)86-65(58-80-67(72)52-46-40-32-15-13-11-8-2)60-84-88(76,77)82-56-64(71)57-83-89(78,79)85-61-66(59-81-68(73)53-47-41-35-30-25-22-21-23-28-33-38-44-50-62(4)5)87-70(75)55-49-43-37-31-26-20-18-17-19-24-29-34-39-45-51-63(6)9-3/h62-66,71H,7-61H2,1-6H3,(H,76,77)(H,78,79)/t63?,64-,65+,66+/m0/s1. The molecule has 0 bridgehead atoms. The zero-order valence-electron chi connectivity index (χ0n) is 57.7. The Bertz CT molecular complexity index is 1740. The third-order valence-corrected chi connectivity index (χ3v) is 18.5. The zero-order chi connectivity index (χ0) is 65.7. The number of hydrogen-bond acceptors (Lipinski definition) is 15. The number of unbranched alkanes of at least 4 members (excludes halogenated alkanes) is 38. The van der Waals surface area contributed by atoms with Gasteiger partial charge >= 0.3 is 39.5 Å². The van der Waals surface area contributed by atoms with Crippen molar-refractivity contribution in [3.63, 3.8) is 0 Å². The highest BCUT2D eigenvalue weighted by Crippen LogP contribution is 2.45. The largest absolute Gasteiger partial charge is 0.472 e. The van der Waals surface area contributed by atoms with Gasteiger partial charge in [0.2, 0.25) is 0 Å². The molecule has 3 N–H and O–H groups in total. The highest BCUT2D eigenvalue weighted by atomic mass is 31.2. The van der Waals surface area contributed by atoms with Crippen molar-refractivity contribution in [1.29, 1.82) is 0 Å². The number of aliphatic hydroxyl groups excluding tert-OH is 1. The van der Waals surface area contributed by atoms with Crippen molar-refractivity contribution in [2.24, 2.45) is 11.8 Å². The second-order valence-corrected chi connectivity index (χ2v) is 28.9. The van der Waals surface area contributed by atoms with Crippen molar-refractivity contribution in [2.75, 3.05) is 39.6 Å². The van der Waals surface area contributed by atoms with Gasteiger partial charge in [0.25, 0.3) is 0 Å². The van der Waals surface area contributed by atoms with Crippen LogP contribution in [-0.4, -0.2) is 96.7 Å². The first kappa shape index (κ1) is 87.1. The molecule has 17 nitrogen and oxygen atoms in total. The number of phosphoric ester groups is 2. The van der Waals surface area contributed by atoms with Gasteiger partial charge in [-0.05, 0) is 37.5 Å². The number of aliphatic hydroxyl groups is 1. The molecule has 0 aliphatic carbocycles. The van der Waals surface area contributed by atoms with Crippen molar-refractivity contribution >= 4 is 39.5 Å². The molecular weight excluding hydrogens is 1170 g/mol. The van der Waals surface area contributed by atoms with E-state index in [-0.39, 0.29) is 25.7 Å². The molecule has 0 radical (unpaired) electrons. The second-order valence-electron chi connectivity index (χ2n) is 26.0. The van der Waals surface area contributed by atoms with Crippen LogP contribution in [0.2, 0.25) is 0 Å². The van der Waals surface area contributed by atoms with Crippen LogP contribution in [0.1, 0.15) is 356 Å². The van der Waals surface area contributed by atoms with E-state index >= 15 is 0 Å². The van der Waals surface area contributed by atoms with Gasteiger partial charge in [0.15, 0.2) is 12.2 Å². The van der Waals surface area contributed by atoms with Crippen molar-refractivity contribution in [1.82, 2.24) is 0 Å². The van der Waals surface area contributed by atoms with Crippen LogP contribution in [0.5, 0.6) is 0 Å². The molecule has 0 aliphatic rings. The van der Waals surface area contributed by atoms with Crippen LogP contribution in [0.3, 0.4) is 0 Å². The van der Waals surface area contributed by atoms with Gasteiger partial charge in [-0.2, -0.15) is 0 Å². The Kier molecular flexibility index (Phi) is 60.8. The van der Waals surface area contributed by atoms with Gasteiger partial charge in [-0.25, -0.2) is 9.13 Å². The summed E-state index contributed by atoms with van der Waals surface area (Å²) in [5, 5.41) is 10.6. The van der Waals surface area contributed by atoms with Gasteiger partial charge in [0, 0.05) is 25.7 Å². The molecule has 6 atom stereocenters. The van der Waals surface area contributed by atoms with E-state index in [4.69, 9.17) is 37.0 Å². The topological polar surface area (TPSA) is 237 Å². The summed E-state index contributed by atoms with van der Waals surface area (Å²) in [6.07, 6.45) is 47.3. The first-order valence-electron chi connectivity index (χ1n) is 36.5. The molecule has 89 heavy (non-hydrogen) atoms. The Morgan fingerprint density at radius 2 is 0.573 bits per heavy atom. The van der Waals surface area contributed by atoms with Crippen LogP contribution < -0.4 is 0 Å². The zero-order valence-corrected chi connectivity index (χ0v) is 59.5. The molecule has 3 unspecified atom stereocenters. The van der Waals surface area contributed by atoms with Crippen LogP contribution in [0.4, 0.5) is 0 Å². The summed E-state index contributed by atoms with van der Waals surface area (Å²) in [6.45, 7) is 9.56. The summed E-state index contributed by atoms with van der Waals surface area (Å²) in [5.41, 5.74) is 0. The fraction of sp³-hybridized carbons (Fsp3) is 0.943. The Morgan fingerprint density at radius 3 is 0.854 bits per heavy atom. The lowest BCUT2D eigenvalue weighted by Gasteiger charge is -2.21. The van der Waals surface area contributed by atoms with E-state index in [0.29, 0.717) is 25.7 Å². The number of carbonyl (C=O) groups is 4. The highest BCUT2D eigenvalue weighted by Gasteiger charge is 2.30. The SMILES string of the molecule is CCCCCCCCCCCC(=O)O[C@H](COC(=O)CCCCCCCCC)COP(=O)(O)OC[C@H](O)COP(=O)(O)OC[C@@H](COC(=O)CCCCCCCCCCCCCCC(C)C)OC(=O)CCCCCCCCCCCCCCCCC(C)CC. The van der Waals surface area contributed by atoms with E-state index in [2.05, 4.69) is 41.5 Å². The van der Waals surface area contributed by atoms with Gasteiger partial charge in [-0.15, -0.1) is 0 Å². The van der Waals surface area contributed by atoms with Crippen LogP contribution in [-0.2, 0) is 65.4 Å². The van der Waals surface area contributed by atoms with Crippen molar-refractivity contribution < 1.29 is 80.2 Å². The molecule has 528 valence electrons. The van der Waals surface area contributed by atoms with Crippen molar-refractivity contribution in [3.8, 4) is 0 Å². The minimum Gasteiger partial charge on any atom is -0.462 e. The molecule has 0 saturated carbocycles. The third-order valence-electron chi connectivity index (χ3n) is 16.6. The number of hydrogen-bond donors (Lipinski definition) is 3. The minimum absolute atomic E-state index is 0.105. The second kappa shape index (κ2) is 62.2. The van der Waals surface area contributed by atoms with Crippen LogP contribution in [0.25, 0.3) is 0 Å². The summed E-state index contributed by atoms with van der Waals surface area (Å²) in [5.74, 6) is -0.502. The lowest BCUT2D eigenvalue weighted by molar-refractivity contribution is -0.161. The molecule has 0 aromatic carbocycles. The molecule has 19 heteroatoms. The fourth-order valence-electron chi connectivity index (χ4n) is 10.6. The van der Waals surface area contributed by atoms with Crippen LogP contribution >= 0.6 is 15.6 Å². The van der Waals surface area contributed by atoms with Crippen LogP contribution in [0.15, 0.2) is 0 Å². The monoisotopic (exact) mass is 1310 g/mol. The number of carbonyl (C=O) groups excluding carboxylic acids is 4. The Balaban J connectivity index is 5.18. The van der Waals surface area contributed by atoms with Gasteiger partial charge in [0.05, 0.1) is 26.4 Å². The summed E-state index contributed by atoms with van der Waals surface area (Å²) in [4.78, 5) is 72.3. The van der Waals surface area contributed by atoms with Crippen molar-refractivity contribution in [2.45, 2.75) is 374 Å². The molecule has 0 aromatic rings. The first-order chi connectivity index (χ1) is 42.9. The Labute approximate surface area is 543 Å². The van der Waals surface area contributed by atoms with E-state index in [1.807, 2.05) is 0 Å². The Hall–Kier alpha value is -1.94. The molecule has 0 aliphatic heterocycles. The number of ether oxygens (including phenoxy) is 4. The maximum absolute atomic E-state index is 13.0. The van der Waals surface area contributed by atoms with Gasteiger partial charge in [-0.1, -0.05) is 305 Å². The van der Waals surface area contributed by atoms with Crippen molar-refractivity contribution in [3.05, 3.63) is 0 Å². The lowest BCUT2D eigenvalue weighted by Crippen LogP contribution is -2.30.